The molecule has 42 heavy (non-hydrogen) atoms. The Morgan fingerprint density at radius 3 is 2.36 bits per heavy atom. The molecule has 226 valence electrons. The van der Waals surface area contributed by atoms with Crippen LogP contribution >= 0.6 is 27.7 Å². The van der Waals surface area contributed by atoms with Gasteiger partial charge in [-0.2, -0.15) is 0 Å². The number of aliphatic hydroxyl groups excluding tert-OH is 1. The number of aliphatic hydroxyl groups is 1. The fourth-order valence-electron chi connectivity index (χ4n) is 7.10. The Bertz CT molecular complexity index is 1290. The van der Waals surface area contributed by atoms with E-state index in [1.54, 1.807) is 16.7 Å². The lowest BCUT2D eigenvalue weighted by Gasteiger charge is -2.38. The second-order valence-corrected chi connectivity index (χ2v) is 14.5. The molecule has 0 saturated carbocycles. The zero-order valence-corrected chi connectivity index (χ0v) is 27.0. The van der Waals surface area contributed by atoms with Crippen LogP contribution in [0.15, 0.2) is 54.6 Å². The lowest BCUT2D eigenvalue weighted by molar-refractivity contribution is -0.142. The summed E-state index contributed by atoms with van der Waals surface area (Å²) >= 11 is 5.42. The molecule has 7 atom stereocenters. The van der Waals surface area contributed by atoms with E-state index in [0.29, 0.717) is 18.7 Å². The molecular weight excluding hydrogens is 616 g/mol. The Kier molecular flexibility index (Phi) is 9.25. The zero-order valence-electron chi connectivity index (χ0n) is 24.6. The number of hydrogen-bond acceptors (Lipinski definition) is 6. The first-order valence-corrected chi connectivity index (χ1v) is 16.7. The summed E-state index contributed by atoms with van der Waals surface area (Å²) in [5, 5.41) is 16.5. The standard InChI is InChI=1S/C32H41BrN4O4S/c1-5-36(6-2)22-14-12-21(13-15-22)35-30(40)28-32-16-23(33)27(42-32)25(29(39)34-17-20-10-8-7-9-11-20)26(32)31(41)37(28)24(18-38)19(3)4/h7-15,19,23-28,38H,5-6,16-18H2,1-4H3,(H,34,39)(H,35,40)/t23?,24-,25-,26-,27-,28?,32?/m0/s1. The number of halogens is 1. The monoisotopic (exact) mass is 656 g/mol. The molecule has 10 heteroatoms. The van der Waals surface area contributed by atoms with Crippen LogP contribution in [0.25, 0.3) is 0 Å². The number of hydrogen-bond donors (Lipinski definition) is 3. The first-order chi connectivity index (χ1) is 20.2. The van der Waals surface area contributed by atoms with Gasteiger partial charge in [-0.1, -0.05) is 60.1 Å². The lowest BCUT2D eigenvalue weighted by Crippen LogP contribution is -2.56. The summed E-state index contributed by atoms with van der Waals surface area (Å²) in [7, 11) is 0. The quantitative estimate of drug-likeness (QED) is 0.312. The molecule has 0 aliphatic carbocycles. The molecular formula is C32H41BrN4O4S. The SMILES string of the molecule is CCN(CC)c1ccc(NC(=O)C2N([C@@H](CO)C(C)C)C(=O)[C@@H]3[C@H](C(=O)NCc4ccccc4)[C@H]4SC23CC4Br)cc1. The molecule has 3 heterocycles. The van der Waals surface area contributed by atoms with Crippen LogP contribution in [0.5, 0.6) is 0 Å². The van der Waals surface area contributed by atoms with Crippen molar-refractivity contribution in [2.24, 2.45) is 17.8 Å². The van der Waals surface area contributed by atoms with Crippen molar-refractivity contribution in [3.8, 4) is 0 Å². The first kappa shape index (κ1) is 30.9. The van der Waals surface area contributed by atoms with Gasteiger partial charge in [0.15, 0.2) is 0 Å². The number of carbonyl (C=O) groups excluding carboxylic acids is 3. The number of benzene rings is 2. The number of nitrogens with one attached hydrogen (secondary N) is 2. The molecule has 1 spiro atoms. The van der Waals surface area contributed by atoms with E-state index in [0.717, 1.165) is 24.3 Å². The number of thioether (sulfide) groups is 1. The van der Waals surface area contributed by atoms with Crippen LogP contribution in [0, 0.1) is 17.8 Å². The maximum Gasteiger partial charge on any atom is 0.248 e. The van der Waals surface area contributed by atoms with E-state index >= 15 is 0 Å². The Morgan fingerprint density at radius 1 is 1.10 bits per heavy atom. The van der Waals surface area contributed by atoms with Crippen LogP contribution in [0.3, 0.4) is 0 Å². The van der Waals surface area contributed by atoms with Crippen molar-refractivity contribution in [2.75, 3.05) is 29.9 Å². The predicted molar refractivity (Wildman–Crippen MR) is 172 cm³/mol. The Labute approximate surface area is 261 Å². The van der Waals surface area contributed by atoms with Gasteiger partial charge in [-0.05, 0) is 56.0 Å². The predicted octanol–water partition coefficient (Wildman–Crippen LogP) is 4.27. The van der Waals surface area contributed by atoms with Gasteiger partial charge in [0, 0.05) is 41.1 Å². The van der Waals surface area contributed by atoms with Gasteiger partial charge in [-0.3, -0.25) is 14.4 Å². The van der Waals surface area contributed by atoms with E-state index in [2.05, 4.69) is 45.3 Å². The minimum Gasteiger partial charge on any atom is -0.394 e. The molecule has 3 unspecified atom stereocenters. The van der Waals surface area contributed by atoms with Gasteiger partial charge >= 0.3 is 0 Å². The summed E-state index contributed by atoms with van der Waals surface area (Å²) in [5.74, 6) is -1.97. The van der Waals surface area contributed by atoms with Crippen LogP contribution in [-0.2, 0) is 20.9 Å². The Hall–Kier alpha value is -2.56. The number of amides is 3. The van der Waals surface area contributed by atoms with Crippen molar-refractivity contribution in [2.45, 2.75) is 67.6 Å². The van der Waals surface area contributed by atoms with Crippen molar-refractivity contribution in [3.05, 3.63) is 60.2 Å². The second-order valence-electron chi connectivity index (χ2n) is 11.8. The van der Waals surface area contributed by atoms with E-state index in [4.69, 9.17) is 0 Å². The van der Waals surface area contributed by atoms with Crippen LogP contribution in [0.2, 0.25) is 0 Å². The van der Waals surface area contributed by atoms with Crippen LogP contribution in [0.1, 0.15) is 39.7 Å². The van der Waals surface area contributed by atoms with Gasteiger partial charge in [-0.25, -0.2) is 0 Å². The van der Waals surface area contributed by atoms with Crippen LogP contribution in [-0.4, -0.2) is 74.3 Å². The highest BCUT2D eigenvalue weighted by Gasteiger charge is 2.76. The maximum absolute atomic E-state index is 14.3. The fourth-order valence-corrected chi connectivity index (χ4v) is 10.7. The summed E-state index contributed by atoms with van der Waals surface area (Å²) in [4.78, 5) is 46.2. The zero-order chi connectivity index (χ0) is 30.2. The largest absolute Gasteiger partial charge is 0.394 e. The smallest absolute Gasteiger partial charge is 0.248 e. The summed E-state index contributed by atoms with van der Waals surface area (Å²) in [5.41, 5.74) is 2.71. The van der Waals surface area contributed by atoms with Crippen LogP contribution < -0.4 is 15.5 Å². The normalized spacial score (nSPS) is 28.6. The summed E-state index contributed by atoms with van der Waals surface area (Å²) in [6.45, 7) is 9.98. The third-order valence-electron chi connectivity index (χ3n) is 9.17. The Balaban J connectivity index is 1.46. The third-order valence-corrected chi connectivity index (χ3v) is 12.4. The third kappa shape index (κ3) is 5.35. The van der Waals surface area contributed by atoms with Gasteiger partial charge < -0.3 is 25.5 Å². The molecule has 3 N–H and O–H groups in total. The number of carbonyl (C=O) groups is 3. The molecule has 3 saturated heterocycles. The highest BCUT2D eigenvalue weighted by molar-refractivity contribution is 9.09. The molecule has 8 nitrogen and oxygen atoms in total. The number of rotatable bonds is 11. The van der Waals surface area contributed by atoms with E-state index in [-0.39, 0.29) is 40.3 Å². The highest BCUT2D eigenvalue weighted by Crippen LogP contribution is 2.68. The van der Waals surface area contributed by atoms with Crippen molar-refractivity contribution in [3.63, 3.8) is 0 Å². The highest BCUT2D eigenvalue weighted by atomic mass is 79.9. The molecule has 2 bridgehead atoms. The lowest BCUT2D eigenvalue weighted by atomic mass is 9.70. The minimum absolute atomic E-state index is 0.0192. The summed E-state index contributed by atoms with van der Waals surface area (Å²) in [6, 6.07) is 16.1. The van der Waals surface area contributed by atoms with Crippen molar-refractivity contribution in [1.82, 2.24) is 10.2 Å². The van der Waals surface area contributed by atoms with Gasteiger partial charge in [0.05, 0.1) is 29.2 Å². The first-order valence-electron chi connectivity index (χ1n) is 14.9. The van der Waals surface area contributed by atoms with Gasteiger partial charge in [0.2, 0.25) is 17.7 Å². The second kappa shape index (κ2) is 12.6. The fraction of sp³-hybridized carbons (Fsp3) is 0.531. The van der Waals surface area contributed by atoms with Crippen molar-refractivity contribution < 1.29 is 19.5 Å². The number of likely N-dealkylation sites (tertiary alicyclic amines) is 1. The molecule has 2 aromatic rings. The Morgan fingerprint density at radius 2 is 1.76 bits per heavy atom. The number of fused-ring (bicyclic) bond motifs is 1. The molecule has 0 aromatic heterocycles. The molecule has 3 aliphatic heterocycles. The molecule has 2 aromatic carbocycles. The number of nitrogens with zero attached hydrogens (tertiary/aromatic N) is 2. The molecule has 3 fully saturated rings. The van der Waals surface area contributed by atoms with Gasteiger partial charge in [0.25, 0.3) is 0 Å². The van der Waals surface area contributed by atoms with Crippen molar-refractivity contribution in [1.29, 1.82) is 0 Å². The van der Waals surface area contributed by atoms with E-state index in [9.17, 15) is 19.5 Å². The molecule has 5 rings (SSSR count). The average molecular weight is 658 g/mol. The topological polar surface area (TPSA) is 102 Å². The van der Waals surface area contributed by atoms with Crippen molar-refractivity contribution >= 4 is 56.8 Å². The molecule has 0 radical (unpaired) electrons. The summed E-state index contributed by atoms with van der Waals surface area (Å²) < 4.78 is -0.780. The number of anilines is 2. The van der Waals surface area contributed by atoms with Gasteiger partial charge in [0.1, 0.15) is 6.04 Å². The number of alkyl halides is 1. The van der Waals surface area contributed by atoms with E-state index < -0.39 is 28.7 Å². The van der Waals surface area contributed by atoms with Gasteiger partial charge in [-0.15, -0.1) is 11.8 Å². The molecule has 3 aliphatic rings. The van der Waals surface area contributed by atoms with E-state index in [1.165, 1.54) is 0 Å². The average Bonchev–Trinajstić information content (AvgIpc) is 3.57. The maximum atomic E-state index is 14.3. The van der Waals surface area contributed by atoms with E-state index in [1.807, 2.05) is 68.4 Å². The molecule has 3 amide bonds. The van der Waals surface area contributed by atoms with Crippen LogP contribution in [0.4, 0.5) is 11.4 Å². The summed E-state index contributed by atoms with van der Waals surface area (Å²) in [6.07, 6.45) is 0.590. The minimum atomic E-state index is -0.820.